The van der Waals surface area contributed by atoms with Crippen LogP contribution in [0.25, 0.3) is 0 Å². The van der Waals surface area contributed by atoms with Crippen molar-refractivity contribution < 1.29 is 34.4 Å². The van der Waals surface area contributed by atoms with Crippen LogP contribution in [0.4, 0.5) is 17.6 Å². The first-order valence-corrected chi connectivity index (χ1v) is 11.2. The molecule has 0 bridgehead atoms. The summed E-state index contributed by atoms with van der Waals surface area (Å²) in [7, 11) is -8.07. The van der Waals surface area contributed by atoms with E-state index in [9.17, 15) is 34.4 Å². The van der Waals surface area contributed by atoms with E-state index in [-0.39, 0.29) is 36.0 Å². The lowest BCUT2D eigenvalue weighted by atomic mass is 10.2. The molecule has 2 aromatic carbocycles. The summed E-state index contributed by atoms with van der Waals surface area (Å²) in [5, 5.41) is 0. The molecule has 29 heavy (non-hydrogen) atoms. The van der Waals surface area contributed by atoms with E-state index < -0.39 is 37.6 Å². The summed E-state index contributed by atoms with van der Waals surface area (Å²) in [5.74, 6) is -0.713. The van der Waals surface area contributed by atoms with Crippen molar-refractivity contribution in [1.29, 1.82) is 0 Å². The second-order valence-electron chi connectivity index (χ2n) is 6.29. The second kappa shape index (κ2) is 7.67. The molecular formula is C17H16F4N2O4S2. The van der Waals surface area contributed by atoms with Gasteiger partial charge in [-0.05, 0) is 42.5 Å². The summed E-state index contributed by atoms with van der Waals surface area (Å²) in [6, 6.07) is 7.57. The normalized spacial score (nSPS) is 17.4. The molecule has 0 unspecified atom stereocenters. The SMILES string of the molecule is O=S(=O)(c1ccc(C(F)(F)F)cc1)N1CCN(S(=O)(=O)c2cccc(F)c2)CC1. The van der Waals surface area contributed by atoms with E-state index in [1.807, 2.05) is 0 Å². The quantitative estimate of drug-likeness (QED) is 0.669. The Morgan fingerprint density at radius 1 is 0.724 bits per heavy atom. The molecule has 0 amide bonds. The second-order valence-corrected chi connectivity index (χ2v) is 10.2. The Morgan fingerprint density at radius 2 is 1.21 bits per heavy atom. The van der Waals surface area contributed by atoms with Crippen molar-refractivity contribution in [2.45, 2.75) is 16.0 Å². The molecule has 0 saturated carbocycles. The first-order chi connectivity index (χ1) is 13.4. The summed E-state index contributed by atoms with van der Waals surface area (Å²) in [4.78, 5) is -0.552. The first kappa shape index (κ1) is 21.7. The zero-order valence-electron chi connectivity index (χ0n) is 14.8. The van der Waals surface area contributed by atoms with Crippen LogP contribution in [0.5, 0.6) is 0 Å². The van der Waals surface area contributed by atoms with Gasteiger partial charge in [0.2, 0.25) is 20.0 Å². The molecule has 0 aliphatic carbocycles. The molecule has 1 heterocycles. The van der Waals surface area contributed by atoms with Crippen LogP contribution in [-0.4, -0.2) is 51.6 Å². The van der Waals surface area contributed by atoms with E-state index in [4.69, 9.17) is 0 Å². The van der Waals surface area contributed by atoms with Gasteiger partial charge in [0.25, 0.3) is 0 Å². The van der Waals surface area contributed by atoms with Crippen molar-refractivity contribution in [3.63, 3.8) is 0 Å². The summed E-state index contributed by atoms with van der Waals surface area (Å²) in [6.45, 7) is -0.701. The average molecular weight is 452 g/mol. The lowest BCUT2D eigenvalue weighted by Gasteiger charge is -2.33. The highest BCUT2D eigenvalue weighted by Gasteiger charge is 2.35. The fourth-order valence-corrected chi connectivity index (χ4v) is 5.77. The molecule has 12 heteroatoms. The van der Waals surface area contributed by atoms with E-state index >= 15 is 0 Å². The maximum Gasteiger partial charge on any atom is 0.416 e. The maximum absolute atomic E-state index is 13.3. The van der Waals surface area contributed by atoms with Crippen LogP contribution in [0.15, 0.2) is 58.3 Å². The van der Waals surface area contributed by atoms with Crippen LogP contribution in [-0.2, 0) is 26.2 Å². The number of halogens is 4. The summed E-state index contributed by atoms with van der Waals surface area (Å²) in [6.07, 6.45) is -4.58. The molecule has 1 aliphatic heterocycles. The molecule has 158 valence electrons. The lowest BCUT2D eigenvalue weighted by Crippen LogP contribution is -2.50. The molecule has 0 atom stereocenters. The molecule has 1 aliphatic rings. The van der Waals surface area contributed by atoms with Crippen molar-refractivity contribution in [3.05, 3.63) is 59.9 Å². The van der Waals surface area contributed by atoms with Gasteiger partial charge in [-0.25, -0.2) is 21.2 Å². The molecule has 0 aromatic heterocycles. The highest BCUT2D eigenvalue weighted by molar-refractivity contribution is 7.89. The van der Waals surface area contributed by atoms with Crippen LogP contribution in [0, 0.1) is 5.82 Å². The average Bonchev–Trinajstić information content (AvgIpc) is 2.67. The highest BCUT2D eigenvalue weighted by Crippen LogP contribution is 2.30. The molecule has 1 saturated heterocycles. The van der Waals surface area contributed by atoms with Crippen molar-refractivity contribution in [3.8, 4) is 0 Å². The van der Waals surface area contributed by atoms with E-state index in [1.165, 1.54) is 12.1 Å². The number of nitrogens with zero attached hydrogens (tertiary/aromatic N) is 2. The minimum Gasteiger partial charge on any atom is -0.207 e. The van der Waals surface area contributed by atoms with Crippen LogP contribution in [0.3, 0.4) is 0 Å². The van der Waals surface area contributed by atoms with Gasteiger partial charge in [0.1, 0.15) is 5.82 Å². The van der Waals surface area contributed by atoms with Gasteiger partial charge in [-0.1, -0.05) is 6.07 Å². The van der Waals surface area contributed by atoms with Gasteiger partial charge in [0.15, 0.2) is 0 Å². The van der Waals surface area contributed by atoms with Crippen molar-refractivity contribution in [2.24, 2.45) is 0 Å². The van der Waals surface area contributed by atoms with E-state index in [2.05, 4.69) is 0 Å². The van der Waals surface area contributed by atoms with Crippen LogP contribution in [0.1, 0.15) is 5.56 Å². The van der Waals surface area contributed by atoms with Crippen molar-refractivity contribution in [2.75, 3.05) is 26.2 Å². The lowest BCUT2D eigenvalue weighted by molar-refractivity contribution is -0.137. The van der Waals surface area contributed by atoms with E-state index in [0.29, 0.717) is 12.1 Å². The van der Waals surface area contributed by atoms with Gasteiger partial charge < -0.3 is 0 Å². The van der Waals surface area contributed by atoms with Gasteiger partial charge in [0, 0.05) is 26.2 Å². The number of sulfonamides is 2. The third-order valence-corrected chi connectivity index (χ3v) is 8.26. The van der Waals surface area contributed by atoms with Gasteiger partial charge in [-0.15, -0.1) is 0 Å². The zero-order chi connectivity index (χ0) is 21.4. The highest BCUT2D eigenvalue weighted by atomic mass is 32.2. The minimum absolute atomic E-state index is 0.168. The van der Waals surface area contributed by atoms with Gasteiger partial charge in [-0.2, -0.15) is 21.8 Å². The first-order valence-electron chi connectivity index (χ1n) is 8.35. The summed E-state index contributed by atoms with van der Waals surface area (Å²) in [5.41, 5.74) is -0.970. The van der Waals surface area contributed by atoms with Crippen LogP contribution in [0.2, 0.25) is 0 Å². The van der Waals surface area contributed by atoms with Gasteiger partial charge in [-0.3, -0.25) is 0 Å². The van der Waals surface area contributed by atoms with E-state index in [0.717, 1.165) is 32.9 Å². The molecule has 6 nitrogen and oxygen atoms in total. The fourth-order valence-electron chi connectivity index (χ4n) is 2.89. The third-order valence-electron chi connectivity index (χ3n) is 4.45. The van der Waals surface area contributed by atoms with E-state index in [1.54, 1.807) is 0 Å². The number of piperazine rings is 1. The Kier molecular flexibility index (Phi) is 5.73. The smallest absolute Gasteiger partial charge is 0.207 e. The molecule has 0 radical (unpaired) electrons. The molecule has 2 aromatic rings. The van der Waals surface area contributed by atoms with Crippen LogP contribution < -0.4 is 0 Å². The Hall–Kier alpha value is -2.02. The minimum atomic E-state index is -4.58. The number of rotatable bonds is 4. The largest absolute Gasteiger partial charge is 0.416 e. The Morgan fingerprint density at radius 3 is 1.66 bits per heavy atom. The number of benzene rings is 2. The predicted octanol–water partition coefficient (Wildman–Crippen LogP) is 2.54. The molecule has 0 spiro atoms. The maximum atomic E-state index is 13.3. The monoisotopic (exact) mass is 452 g/mol. The summed E-state index contributed by atoms with van der Waals surface area (Å²) >= 11 is 0. The molecular weight excluding hydrogens is 436 g/mol. The standard InChI is InChI=1S/C17H16F4N2O4S2/c18-14-2-1-3-16(12-14)29(26,27)23-10-8-22(9-11-23)28(24,25)15-6-4-13(5-7-15)17(19,20)21/h1-7,12H,8-11H2. The Labute approximate surface area is 165 Å². The molecule has 3 rings (SSSR count). The zero-order valence-corrected chi connectivity index (χ0v) is 16.4. The summed E-state index contributed by atoms with van der Waals surface area (Å²) < 4.78 is 104. The number of alkyl halides is 3. The fraction of sp³-hybridized carbons (Fsp3) is 0.294. The molecule has 0 N–H and O–H groups in total. The topological polar surface area (TPSA) is 74.8 Å². The van der Waals surface area contributed by atoms with Crippen LogP contribution >= 0.6 is 0 Å². The van der Waals surface area contributed by atoms with Gasteiger partial charge in [0.05, 0.1) is 15.4 Å². The third kappa shape index (κ3) is 4.44. The molecule has 1 fully saturated rings. The van der Waals surface area contributed by atoms with Crippen molar-refractivity contribution >= 4 is 20.0 Å². The number of hydrogen-bond acceptors (Lipinski definition) is 4. The Bertz CT molecular complexity index is 1090. The predicted molar refractivity (Wildman–Crippen MR) is 95.4 cm³/mol. The number of hydrogen-bond donors (Lipinski definition) is 0. The van der Waals surface area contributed by atoms with Crippen molar-refractivity contribution in [1.82, 2.24) is 8.61 Å². The Balaban J connectivity index is 1.74. The van der Waals surface area contributed by atoms with Gasteiger partial charge >= 0.3 is 6.18 Å².